The van der Waals surface area contributed by atoms with Crippen LogP contribution in [0.2, 0.25) is 0 Å². The van der Waals surface area contributed by atoms with Gasteiger partial charge in [0.05, 0.1) is 5.69 Å². The lowest BCUT2D eigenvalue weighted by Crippen LogP contribution is -2.26. The van der Waals surface area contributed by atoms with Gasteiger partial charge < -0.3 is 4.52 Å². The van der Waals surface area contributed by atoms with Crippen LogP contribution in [0.1, 0.15) is 22.7 Å². The second kappa shape index (κ2) is 7.07. The molecule has 0 saturated carbocycles. The molecule has 0 atom stereocenters. The smallest absolute Gasteiger partial charge is 0.245 e. The van der Waals surface area contributed by atoms with Gasteiger partial charge in [-0.15, -0.1) is 11.3 Å². The van der Waals surface area contributed by atoms with Crippen molar-refractivity contribution in [3.8, 4) is 10.6 Å². The molecular formula is C17H19N3O3S2. The number of rotatable bonds is 6. The molecule has 0 aliphatic heterocycles. The molecule has 25 heavy (non-hydrogen) atoms. The van der Waals surface area contributed by atoms with Crippen LogP contribution >= 0.6 is 11.3 Å². The van der Waals surface area contributed by atoms with E-state index in [1.54, 1.807) is 25.2 Å². The Balaban J connectivity index is 1.65. The van der Waals surface area contributed by atoms with Crippen molar-refractivity contribution < 1.29 is 12.9 Å². The normalized spacial score (nSPS) is 11.8. The number of hydrogen-bond donors (Lipinski definition) is 1. The topological polar surface area (TPSA) is 85.1 Å². The first-order valence-corrected chi connectivity index (χ1v) is 10.2. The van der Waals surface area contributed by atoms with E-state index in [0.29, 0.717) is 17.9 Å². The van der Waals surface area contributed by atoms with E-state index in [1.807, 2.05) is 30.5 Å². The molecule has 0 fully saturated rings. The lowest BCUT2D eigenvalue weighted by Gasteiger charge is -2.05. The summed E-state index contributed by atoms with van der Waals surface area (Å²) < 4.78 is 32.2. The quantitative estimate of drug-likeness (QED) is 0.713. The molecule has 6 nitrogen and oxygen atoms in total. The highest BCUT2D eigenvalue weighted by Crippen LogP contribution is 2.24. The highest BCUT2D eigenvalue weighted by Gasteiger charge is 2.23. The van der Waals surface area contributed by atoms with Crippen LogP contribution in [0.25, 0.3) is 10.6 Å². The molecule has 0 aliphatic rings. The van der Waals surface area contributed by atoms with E-state index >= 15 is 0 Å². The molecule has 0 unspecified atom stereocenters. The fourth-order valence-electron chi connectivity index (χ4n) is 2.58. The molecule has 3 aromatic rings. The van der Waals surface area contributed by atoms with Gasteiger partial charge in [0, 0.05) is 23.9 Å². The SMILES string of the molecule is Cc1cccc(-c2nc(CCNS(=O)(=O)c3c(C)noc3C)cs2)c1. The molecule has 132 valence electrons. The summed E-state index contributed by atoms with van der Waals surface area (Å²) in [5.74, 6) is 0.292. The monoisotopic (exact) mass is 377 g/mol. The Labute approximate surface area is 151 Å². The highest BCUT2D eigenvalue weighted by molar-refractivity contribution is 7.89. The average Bonchev–Trinajstić information content (AvgIpc) is 3.14. The molecule has 1 N–H and O–H groups in total. The highest BCUT2D eigenvalue weighted by atomic mass is 32.2. The second-order valence-corrected chi connectivity index (χ2v) is 8.38. The predicted octanol–water partition coefficient (Wildman–Crippen LogP) is 3.24. The molecule has 0 bridgehead atoms. The third kappa shape index (κ3) is 3.97. The van der Waals surface area contributed by atoms with Crippen LogP contribution < -0.4 is 4.72 Å². The molecule has 0 amide bonds. The van der Waals surface area contributed by atoms with Crippen LogP contribution in [0.5, 0.6) is 0 Å². The van der Waals surface area contributed by atoms with E-state index in [9.17, 15) is 8.42 Å². The molecule has 0 radical (unpaired) electrons. The van der Waals surface area contributed by atoms with Gasteiger partial charge >= 0.3 is 0 Å². The summed E-state index contributed by atoms with van der Waals surface area (Å²) >= 11 is 1.56. The van der Waals surface area contributed by atoms with Crippen LogP contribution in [0.15, 0.2) is 39.1 Å². The standard InChI is InChI=1S/C17H19N3O3S2/c1-11-5-4-6-14(9-11)17-19-15(10-24-17)7-8-18-25(21,22)16-12(2)20-23-13(16)3/h4-6,9-10,18H,7-8H2,1-3H3. The number of hydrogen-bond acceptors (Lipinski definition) is 6. The minimum Gasteiger partial charge on any atom is -0.360 e. The summed E-state index contributed by atoms with van der Waals surface area (Å²) in [7, 11) is -3.63. The van der Waals surface area contributed by atoms with E-state index in [1.165, 1.54) is 5.56 Å². The Morgan fingerprint density at radius 1 is 1.24 bits per heavy atom. The molecule has 2 aromatic heterocycles. The van der Waals surface area contributed by atoms with Crippen molar-refractivity contribution in [3.05, 3.63) is 52.4 Å². The first-order valence-electron chi connectivity index (χ1n) is 7.81. The van der Waals surface area contributed by atoms with Gasteiger partial charge in [0.15, 0.2) is 5.76 Å². The Bertz CT molecular complexity index is 971. The number of sulfonamides is 1. The van der Waals surface area contributed by atoms with Crippen molar-refractivity contribution in [1.82, 2.24) is 14.9 Å². The third-order valence-corrected chi connectivity index (χ3v) is 6.37. The minimum absolute atomic E-state index is 0.117. The van der Waals surface area contributed by atoms with Gasteiger partial charge in [-0.2, -0.15) is 0 Å². The van der Waals surface area contributed by atoms with Crippen LogP contribution in [-0.4, -0.2) is 25.1 Å². The summed E-state index contributed by atoms with van der Waals surface area (Å²) in [5.41, 5.74) is 3.48. The Morgan fingerprint density at radius 2 is 2.04 bits per heavy atom. The van der Waals surface area contributed by atoms with Gasteiger partial charge in [-0.05, 0) is 26.8 Å². The Morgan fingerprint density at radius 3 is 2.72 bits per heavy atom. The zero-order valence-corrected chi connectivity index (χ0v) is 15.9. The predicted molar refractivity (Wildman–Crippen MR) is 97.2 cm³/mol. The minimum atomic E-state index is -3.63. The second-order valence-electron chi connectivity index (χ2n) is 5.81. The zero-order valence-electron chi connectivity index (χ0n) is 14.2. The van der Waals surface area contributed by atoms with Crippen LogP contribution in [0.3, 0.4) is 0 Å². The lowest BCUT2D eigenvalue weighted by molar-refractivity contribution is 0.390. The van der Waals surface area contributed by atoms with Gasteiger partial charge in [0.2, 0.25) is 10.0 Å². The zero-order chi connectivity index (χ0) is 18.0. The van der Waals surface area contributed by atoms with E-state index in [2.05, 4.69) is 20.9 Å². The largest absolute Gasteiger partial charge is 0.360 e. The number of nitrogens with one attached hydrogen (secondary N) is 1. The molecule has 0 saturated heterocycles. The number of aromatic nitrogens is 2. The van der Waals surface area contributed by atoms with Crippen molar-refractivity contribution >= 4 is 21.4 Å². The maximum Gasteiger partial charge on any atom is 0.245 e. The molecule has 1 aromatic carbocycles. The van der Waals surface area contributed by atoms with E-state index in [-0.39, 0.29) is 11.4 Å². The molecule has 8 heteroatoms. The number of benzene rings is 1. The summed E-state index contributed by atoms with van der Waals surface area (Å²) in [6.45, 7) is 5.51. The summed E-state index contributed by atoms with van der Waals surface area (Å²) in [5, 5.41) is 6.59. The summed E-state index contributed by atoms with van der Waals surface area (Å²) in [6, 6.07) is 8.16. The maximum absolute atomic E-state index is 12.4. The van der Waals surface area contributed by atoms with Gasteiger partial charge in [-0.1, -0.05) is 28.9 Å². The first-order chi connectivity index (χ1) is 11.9. The molecule has 0 aliphatic carbocycles. The van der Waals surface area contributed by atoms with Crippen LogP contribution in [-0.2, 0) is 16.4 Å². The average molecular weight is 377 g/mol. The van der Waals surface area contributed by atoms with Crippen molar-refractivity contribution in [2.45, 2.75) is 32.1 Å². The number of aryl methyl sites for hydroxylation is 3. The summed E-state index contributed by atoms with van der Waals surface area (Å²) in [4.78, 5) is 4.71. The Kier molecular flexibility index (Phi) is 5.03. The van der Waals surface area contributed by atoms with Crippen molar-refractivity contribution in [1.29, 1.82) is 0 Å². The van der Waals surface area contributed by atoms with Gasteiger partial charge in [0.25, 0.3) is 0 Å². The Hall–Kier alpha value is -2.03. The molecular weight excluding hydrogens is 358 g/mol. The number of nitrogens with zero attached hydrogens (tertiary/aromatic N) is 2. The summed E-state index contributed by atoms with van der Waals surface area (Å²) in [6.07, 6.45) is 0.519. The third-order valence-electron chi connectivity index (χ3n) is 3.73. The van der Waals surface area contributed by atoms with Crippen LogP contribution in [0.4, 0.5) is 0 Å². The fraction of sp³-hybridized carbons (Fsp3) is 0.294. The van der Waals surface area contributed by atoms with E-state index in [4.69, 9.17) is 4.52 Å². The number of thiazole rings is 1. The van der Waals surface area contributed by atoms with Gasteiger partial charge in [-0.3, -0.25) is 0 Å². The molecule has 2 heterocycles. The lowest BCUT2D eigenvalue weighted by atomic mass is 10.1. The van der Waals surface area contributed by atoms with Crippen molar-refractivity contribution in [2.75, 3.05) is 6.54 Å². The fourth-order valence-corrected chi connectivity index (χ4v) is 4.78. The van der Waals surface area contributed by atoms with Gasteiger partial charge in [-0.25, -0.2) is 18.1 Å². The molecule has 0 spiro atoms. The van der Waals surface area contributed by atoms with Crippen molar-refractivity contribution in [3.63, 3.8) is 0 Å². The van der Waals surface area contributed by atoms with Crippen molar-refractivity contribution in [2.24, 2.45) is 0 Å². The maximum atomic E-state index is 12.4. The van der Waals surface area contributed by atoms with Crippen LogP contribution in [0, 0.1) is 20.8 Å². The van der Waals surface area contributed by atoms with E-state index < -0.39 is 10.0 Å². The first kappa shape index (κ1) is 17.8. The molecule has 3 rings (SSSR count). The van der Waals surface area contributed by atoms with Gasteiger partial charge in [0.1, 0.15) is 15.6 Å². The van der Waals surface area contributed by atoms with E-state index in [0.717, 1.165) is 16.3 Å².